The van der Waals surface area contributed by atoms with Gasteiger partial charge in [-0.05, 0) is 20.3 Å². The number of aryl methyl sites for hydroxylation is 3. The third kappa shape index (κ3) is 3.20. The smallest absolute Gasteiger partial charge is 0.186 e. The zero-order chi connectivity index (χ0) is 16.4. The van der Waals surface area contributed by atoms with Crippen LogP contribution in [0.2, 0.25) is 0 Å². The van der Waals surface area contributed by atoms with Crippen molar-refractivity contribution in [2.75, 3.05) is 19.0 Å². The summed E-state index contributed by atoms with van der Waals surface area (Å²) in [7, 11) is 3.62. The summed E-state index contributed by atoms with van der Waals surface area (Å²) >= 11 is 1.61. The minimum absolute atomic E-state index is 0.0221. The van der Waals surface area contributed by atoms with Crippen LogP contribution in [-0.4, -0.2) is 43.2 Å². The van der Waals surface area contributed by atoms with E-state index in [1.807, 2.05) is 18.7 Å². The number of nitrogens with zero attached hydrogens (tertiary/aromatic N) is 6. The maximum atomic E-state index is 5.10. The molecule has 0 aromatic carbocycles. The van der Waals surface area contributed by atoms with E-state index in [1.54, 1.807) is 24.8 Å². The number of anilines is 1. The maximum absolute atomic E-state index is 5.10. The van der Waals surface area contributed by atoms with Gasteiger partial charge >= 0.3 is 0 Å². The lowest BCUT2D eigenvalue weighted by Gasteiger charge is -2.13. The Bertz CT molecular complexity index is 756. The van der Waals surface area contributed by atoms with Crippen molar-refractivity contribution in [1.29, 1.82) is 0 Å². The Morgan fingerprint density at radius 2 is 2.26 bits per heavy atom. The zero-order valence-corrected chi connectivity index (χ0v) is 14.6. The van der Waals surface area contributed by atoms with E-state index in [0.29, 0.717) is 0 Å². The summed E-state index contributed by atoms with van der Waals surface area (Å²) in [5, 5.41) is 16.9. The van der Waals surface area contributed by atoms with Crippen molar-refractivity contribution in [3.8, 4) is 0 Å². The van der Waals surface area contributed by atoms with E-state index in [9.17, 15) is 0 Å². The summed E-state index contributed by atoms with van der Waals surface area (Å²) in [6, 6.07) is 0.0221. The maximum Gasteiger partial charge on any atom is 0.186 e. The largest absolute Gasteiger partial charge is 0.385 e. The Morgan fingerprint density at radius 3 is 3.00 bits per heavy atom. The van der Waals surface area contributed by atoms with Crippen molar-refractivity contribution in [3.63, 3.8) is 0 Å². The van der Waals surface area contributed by atoms with Gasteiger partial charge in [-0.1, -0.05) is 11.3 Å². The van der Waals surface area contributed by atoms with Gasteiger partial charge in [0.25, 0.3) is 0 Å². The SMILES string of the molecule is COCCCn1cnnc1C(C)Nc1nc2c(s1)c(C)nn2C. The molecule has 3 heterocycles. The van der Waals surface area contributed by atoms with E-state index in [2.05, 4.69) is 37.1 Å². The molecule has 9 heteroatoms. The van der Waals surface area contributed by atoms with Crippen LogP contribution >= 0.6 is 11.3 Å². The van der Waals surface area contributed by atoms with Crippen LogP contribution in [0.4, 0.5) is 5.13 Å². The van der Waals surface area contributed by atoms with Crippen molar-refractivity contribution in [2.24, 2.45) is 7.05 Å². The normalized spacial score (nSPS) is 12.9. The minimum atomic E-state index is 0.0221. The van der Waals surface area contributed by atoms with Crippen molar-refractivity contribution in [2.45, 2.75) is 32.9 Å². The molecule has 0 spiro atoms. The summed E-state index contributed by atoms with van der Waals surface area (Å²) in [5.41, 5.74) is 1.91. The van der Waals surface area contributed by atoms with Crippen LogP contribution in [0.25, 0.3) is 10.3 Å². The first-order valence-electron chi connectivity index (χ1n) is 7.53. The number of fused-ring (bicyclic) bond motifs is 1. The van der Waals surface area contributed by atoms with E-state index < -0.39 is 0 Å². The molecule has 0 aliphatic rings. The second-order valence-electron chi connectivity index (χ2n) is 5.48. The predicted molar refractivity (Wildman–Crippen MR) is 89.7 cm³/mol. The molecule has 0 aliphatic carbocycles. The van der Waals surface area contributed by atoms with Crippen LogP contribution in [0.1, 0.15) is 30.9 Å². The van der Waals surface area contributed by atoms with Crippen LogP contribution in [0, 0.1) is 6.92 Å². The Morgan fingerprint density at radius 1 is 1.43 bits per heavy atom. The van der Waals surface area contributed by atoms with E-state index in [4.69, 9.17) is 4.74 Å². The molecule has 0 saturated heterocycles. The Balaban J connectivity index is 1.74. The lowest BCUT2D eigenvalue weighted by Crippen LogP contribution is -2.14. The molecular weight excluding hydrogens is 314 g/mol. The summed E-state index contributed by atoms with van der Waals surface area (Å²) in [6.07, 6.45) is 2.69. The fourth-order valence-electron chi connectivity index (χ4n) is 2.55. The van der Waals surface area contributed by atoms with Gasteiger partial charge in [0.2, 0.25) is 0 Å². The van der Waals surface area contributed by atoms with Crippen LogP contribution in [-0.2, 0) is 18.3 Å². The van der Waals surface area contributed by atoms with E-state index in [0.717, 1.165) is 46.6 Å². The predicted octanol–water partition coefficient (Wildman–Crippen LogP) is 2.14. The topological polar surface area (TPSA) is 82.7 Å². The highest BCUT2D eigenvalue weighted by atomic mass is 32.1. The fraction of sp³-hybridized carbons (Fsp3) is 0.571. The van der Waals surface area contributed by atoms with Gasteiger partial charge in [0, 0.05) is 27.3 Å². The standard InChI is InChI=1S/C14H21N7OS/c1-9-11-13(20(3)19-9)17-14(23-11)16-10(2)12-18-15-8-21(12)6-5-7-22-4/h8,10H,5-7H2,1-4H3,(H,16,17). The van der Waals surface area contributed by atoms with E-state index in [1.165, 1.54) is 0 Å². The third-order valence-corrected chi connectivity index (χ3v) is 4.75. The summed E-state index contributed by atoms with van der Waals surface area (Å²) < 4.78 is 10.1. The molecule has 0 aliphatic heterocycles. The van der Waals surface area contributed by atoms with Gasteiger partial charge in [-0.3, -0.25) is 0 Å². The molecule has 124 valence electrons. The van der Waals surface area contributed by atoms with Gasteiger partial charge in [-0.2, -0.15) is 5.10 Å². The van der Waals surface area contributed by atoms with Crippen molar-refractivity contribution in [1.82, 2.24) is 29.5 Å². The van der Waals surface area contributed by atoms with Gasteiger partial charge in [-0.15, -0.1) is 10.2 Å². The highest BCUT2D eigenvalue weighted by molar-refractivity contribution is 7.22. The number of aromatic nitrogens is 6. The van der Waals surface area contributed by atoms with Crippen molar-refractivity contribution in [3.05, 3.63) is 17.8 Å². The molecule has 0 radical (unpaired) electrons. The number of nitrogens with one attached hydrogen (secondary N) is 1. The third-order valence-electron chi connectivity index (χ3n) is 3.66. The molecule has 23 heavy (non-hydrogen) atoms. The van der Waals surface area contributed by atoms with Gasteiger partial charge in [0.1, 0.15) is 6.33 Å². The summed E-state index contributed by atoms with van der Waals surface area (Å²) in [6.45, 7) is 5.63. The van der Waals surface area contributed by atoms with Gasteiger partial charge in [0.05, 0.1) is 16.4 Å². The number of rotatable bonds is 7. The Labute approximate surface area is 138 Å². The van der Waals surface area contributed by atoms with E-state index >= 15 is 0 Å². The zero-order valence-electron chi connectivity index (χ0n) is 13.8. The molecule has 0 fully saturated rings. The van der Waals surface area contributed by atoms with Crippen LogP contribution in [0.3, 0.4) is 0 Å². The second kappa shape index (κ2) is 6.63. The molecule has 0 bridgehead atoms. The fourth-order valence-corrected chi connectivity index (χ4v) is 3.57. The monoisotopic (exact) mass is 335 g/mol. The number of methoxy groups -OCH3 is 1. The second-order valence-corrected chi connectivity index (χ2v) is 6.47. The van der Waals surface area contributed by atoms with E-state index in [-0.39, 0.29) is 6.04 Å². The number of thiazole rings is 1. The number of ether oxygens (including phenoxy) is 1. The molecule has 8 nitrogen and oxygen atoms in total. The van der Waals surface area contributed by atoms with Gasteiger partial charge in [-0.25, -0.2) is 9.67 Å². The van der Waals surface area contributed by atoms with Gasteiger partial charge < -0.3 is 14.6 Å². The quantitative estimate of drug-likeness (QED) is 0.666. The molecule has 0 amide bonds. The molecular formula is C14H21N7OS. The highest BCUT2D eigenvalue weighted by Crippen LogP contribution is 2.30. The van der Waals surface area contributed by atoms with Gasteiger partial charge in [0.15, 0.2) is 16.6 Å². The molecule has 1 unspecified atom stereocenters. The number of hydrogen-bond acceptors (Lipinski definition) is 7. The first-order valence-corrected chi connectivity index (χ1v) is 8.35. The van der Waals surface area contributed by atoms with Crippen LogP contribution in [0.5, 0.6) is 0 Å². The molecule has 1 N–H and O–H groups in total. The minimum Gasteiger partial charge on any atom is -0.385 e. The van der Waals surface area contributed by atoms with Crippen molar-refractivity contribution >= 4 is 26.8 Å². The molecule has 0 saturated carbocycles. The first-order chi connectivity index (χ1) is 11.1. The summed E-state index contributed by atoms with van der Waals surface area (Å²) in [5.74, 6) is 0.898. The highest BCUT2D eigenvalue weighted by Gasteiger charge is 2.17. The Kier molecular flexibility index (Phi) is 4.58. The first kappa shape index (κ1) is 15.9. The molecule has 1 atom stereocenters. The average Bonchev–Trinajstić information content (AvgIpc) is 3.19. The molecule has 3 aromatic rings. The summed E-state index contributed by atoms with van der Waals surface area (Å²) in [4.78, 5) is 4.62. The van der Waals surface area contributed by atoms with Crippen LogP contribution < -0.4 is 5.32 Å². The average molecular weight is 335 g/mol. The lowest BCUT2D eigenvalue weighted by atomic mass is 10.3. The lowest BCUT2D eigenvalue weighted by molar-refractivity contribution is 0.190. The molecule has 3 aromatic heterocycles. The molecule has 3 rings (SSSR count). The Hall–Kier alpha value is -2.00. The van der Waals surface area contributed by atoms with Crippen LogP contribution in [0.15, 0.2) is 6.33 Å². The van der Waals surface area contributed by atoms with Crippen molar-refractivity contribution < 1.29 is 4.74 Å². The number of hydrogen-bond donors (Lipinski definition) is 1.